The Morgan fingerprint density at radius 1 is 0.696 bits per heavy atom. The summed E-state index contributed by atoms with van der Waals surface area (Å²) in [4.78, 5) is 1.01. The molecule has 0 atom stereocenters. The summed E-state index contributed by atoms with van der Waals surface area (Å²) in [5.41, 5.74) is 4.56. The summed E-state index contributed by atoms with van der Waals surface area (Å²) in [6.45, 7) is 0. The third-order valence-corrected chi connectivity index (χ3v) is 7.08. The van der Waals surface area contributed by atoms with Crippen molar-refractivity contribution in [3.05, 3.63) is 47.5 Å². The SMILES string of the molecule is O=S1(=O)c2ccccc2-c2c1ccc1c2CCCCCCCC1. The van der Waals surface area contributed by atoms with Crippen molar-refractivity contribution in [1.82, 2.24) is 0 Å². The first-order chi connectivity index (χ1) is 11.2. The highest BCUT2D eigenvalue weighted by Gasteiger charge is 2.34. The van der Waals surface area contributed by atoms with Crippen LogP contribution in [0.25, 0.3) is 11.1 Å². The van der Waals surface area contributed by atoms with Crippen LogP contribution < -0.4 is 0 Å². The quantitative estimate of drug-likeness (QED) is 0.586. The molecule has 0 N–H and O–H groups in total. The van der Waals surface area contributed by atoms with Crippen LogP contribution in [0.5, 0.6) is 0 Å². The van der Waals surface area contributed by atoms with Crippen LogP contribution in [0, 0.1) is 0 Å². The van der Waals surface area contributed by atoms with E-state index in [4.69, 9.17) is 0 Å². The minimum atomic E-state index is -3.34. The van der Waals surface area contributed by atoms with E-state index in [9.17, 15) is 8.42 Å². The van der Waals surface area contributed by atoms with E-state index < -0.39 is 9.84 Å². The molecule has 2 nitrogen and oxygen atoms in total. The minimum Gasteiger partial charge on any atom is -0.218 e. The lowest BCUT2D eigenvalue weighted by Gasteiger charge is -2.16. The van der Waals surface area contributed by atoms with Gasteiger partial charge < -0.3 is 0 Å². The lowest BCUT2D eigenvalue weighted by atomic mass is 9.88. The van der Waals surface area contributed by atoms with Crippen molar-refractivity contribution in [2.24, 2.45) is 0 Å². The highest BCUT2D eigenvalue weighted by Crippen LogP contribution is 2.46. The van der Waals surface area contributed by atoms with Gasteiger partial charge in [-0.2, -0.15) is 0 Å². The smallest absolute Gasteiger partial charge is 0.207 e. The second-order valence-corrected chi connectivity index (χ2v) is 8.58. The van der Waals surface area contributed by atoms with Gasteiger partial charge in [-0.25, -0.2) is 8.42 Å². The van der Waals surface area contributed by atoms with Crippen LogP contribution in [-0.2, 0) is 22.7 Å². The molecule has 3 heteroatoms. The molecule has 0 radical (unpaired) electrons. The zero-order valence-electron chi connectivity index (χ0n) is 13.3. The summed E-state index contributed by atoms with van der Waals surface area (Å²) in [5, 5.41) is 0. The maximum atomic E-state index is 12.8. The average molecular weight is 326 g/mol. The topological polar surface area (TPSA) is 34.1 Å². The fraction of sp³-hybridized carbons (Fsp3) is 0.400. The molecule has 2 aliphatic rings. The first-order valence-corrected chi connectivity index (χ1v) is 10.2. The van der Waals surface area contributed by atoms with Gasteiger partial charge in [-0.3, -0.25) is 0 Å². The summed E-state index contributed by atoms with van der Waals surface area (Å²) in [5.74, 6) is 0. The molecule has 0 unspecified atom stereocenters. The number of aryl methyl sites for hydroxylation is 1. The standard InChI is InChI=1S/C20H22O2S/c21-23(22)18-12-8-7-11-17(18)20-16-10-6-4-2-1-3-5-9-15(16)13-14-19(20)23/h7-8,11-14H,1-6,9-10H2. The Kier molecular flexibility index (Phi) is 3.76. The Morgan fingerprint density at radius 2 is 1.39 bits per heavy atom. The maximum Gasteiger partial charge on any atom is 0.207 e. The number of hydrogen-bond donors (Lipinski definition) is 0. The highest BCUT2D eigenvalue weighted by atomic mass is 32.2. The van der Waals surface area contributed by atoms with E-state index >= 15 is 0 Å². The molecule has 0 aromatic heterocycles. The van der Waals surface area contributed by atoms with E-state index in [1.54, 1.807) is 6.07 Å². The van der Waals surface area contributed by atoms with Crippen LogP contribution in [0.4, 0.5) is 0 Å². The molecule has 120 valence electrons. The Hall–Kier alpha value is -1.61. The Bertz CT molecular complexity index is 850. The van der Waals surface area contributed by atoms with Crippen LogP contribution in [0.15, 0.2) is 46.2 Å². The third-order valence-electron chi connectivity index (χ3n) is 5.23. The summed E-state index contributed by atoms with van der Waals surface area (Å²) in [6.07, 6.45) is 9.61. The molecule has 0 saturated carbocycles. The Balaban J connectivity index is 1.94. The minimum absolute atomic E-state index is 0.487. The van der Waals surface area contributed by atoms with Crippen LogP contribution in [0.3, 0.4) is 0 Å². The molecule has 23 heavy (non-hydrogen) atoms. The fourth-order valence-electron chi connectivity index (χ4n) is 4.06. The van der Waals surface area contributed by atoms with E-state index in [0.29, 0.717) is 9.79 Å². The summed E-state index contributed by atoms with van der Waals surface area (Å²) >= 11 is 0. The summed E-state index contributed by atoms with van der Waals surface area (Å²) < 4.78 is 25.7. The number of sulfone groups is 1. The largest absolute Gasteiger partial charge is 0.218 e. The van der Waals surface area contributed by atoms with Gasteiger partial charge in [0.15, 0.2) is 0 Å². The number of benzene rings is 2. The molecule has 4 rings (SSSR count). The van der Waals surface area contributed by atoms with E-state index in [0.717, 1.165) is 30.4 Å². The molecule has 1 aliphatic carbocycles. The molecule has 0 saturated heterocycles. The van der Waals surface area contributed by atoms with Gasteiger partial charge in [0.1, 0.15) is 0 Å². The molecule has 1 aliphatic heterocycles. The Labute approximate surface area is 138 Å². The van der Waals surface area contributed by atoms with Crippen LogP contribution in [0.1, 0.15) is 49.7 Å². The molecule has 0 amide bonds. The number of hydrogen-bond acceptors (Lipinski definition) is 2. The molecule has 2 aromatic rings. The van der Waals surface area contributed by atoms with Gasteiger partial charge in [0.05, 0.1) is 9.79 Å². The monoisotopic (exact) mass is 326 g/mol. The lowest BCUT2D eigenvalue weighted by Crippen LogP contribution is -2.02. The molecular weight excluding hydrogens is 304 g/mol. The first kappa shape index (κ1) is 14.9. The van der Waals surface area contributed by atoms with Gasteiger partial charge in [-0.1, -0.05) is 49.9 Å². The highest BCUT2D eigenvalue weighted by molar-refractivity contribution is 7.92. The second kappa shape index (κ2) is 5.79. The van der Waals surface area contributed by atoms with Gasteiger partial charge in [0.25, 0.3) is 0 Å². The van der Waals surface area contributed by atoms with E-state index in [1.165, 1.54) is 43.2 Å². The molecular formula is C20H22O2S. The van der Waals surface area contributed by atoms with Crippen LogP contribution in [0.2, 0.25) is 0 Å². The van der Waals surface area contributed by atoms with Gasteiger partial charge in [0, 0.05) is 11.1 Å². The van der Waals surface area contributed by atoms with Crippen molar-refractivity contribution >= 4 is 9.84 Å². The second-order valence-electron chi connectivity index (χ2n) is 6.70. The van der Waals surface area contributed by atoms with Gasteiger partial charge in [0.2, 0.25) is 9.84 Å². The molecule has 0 spiro atoms. The van der Waals surface area contributed by atoms with Crippen molar-refractivity contribution < 1.29 is 8.42 Å². The van der Waals surface area contributed by atoms with Gasteiger partial charge in [-0.15, -0.1) is 0 Å². The predicted octanol–water partition coefficient (Wildman–Crippen LogP) is 4.94. The van der Waals surface area contributed by atoms with Crippen molar-refractivity contribution in [3.63, 3.8) is 0 Å². The third kappa shape index (κ3) is 2.42. The maximum absolute atomic E-state index is 12.8. The van der Waals surface area contributed by atoms with Crippen molar-refractivity contribution in [2.75, 3.05) is 0 Å². The van der Waals surface area contributed by atoms with E-state index in [-0.39, 0.29) is 0 Å². The van der Waals surface area contributed by atoms with Crippen molar-refractivity contribution in [2.45, 2.75) is 61.2 Å². The van der Waals surface area contributed by atoms with E-state index in [1.807, 2.05) is 24.3 Å². The zero-order valence-corrected chi connectivity index (χ0v) is 14.2. The molecule has 1 heterocycles. The first-order valence-electron chi connectivity index (χ1n) is 8.69. The summed E-state index contributed by atoms with van der Waals surface area (Å²) in [6, 6.07) is 11.4. The van der Waals surface area contributed by atoms with Gasteiger partial charge >= 0.3 is 0 Å². The lowest BCUT2D eigenvalue weighted by molar-refractivity contribution is 0.580. The summed E-state index contributed by atoms with van der Waals surface area (Å²) in [7, 11) is -3.34. The fourth-order valence-corrected chi connectivity index (χ4v) is 5.76. The average Bonchev–Trinajstić information content (AvgIpc) is 2.80. The normalized spacial score (nSPS) is 19.5. The van der Waals surface area contributed by atoms with E-state index in [2.05, 4.69) is 6.07 Å². The van der Waals surface area contributed by atoms with Crippen LogP contribution in [-0.4, -0.2) is 8.42 Å². The molecule has 2 aromatic carbocycles. The van der Waals surface area contributed by atoms with Crippen LogP contribution >= 0.6 is 0 Å². The Morgan fingerprint density at radius 3 is 2.22 bits per heavy atom. The number of fused-ring (bicyclic) bond motifs is 5. The number of rotatable bonds is 0. The van der Waals surface area contributed by atoms with Crippen molar-refractivity contribution in [1.29, 1.82) is 0 Å². The zero-order chi connectivity index (χ0) is 15.9. The predicted molar refractivity (Wildman–Crippen MR) is 92.4 cm³/mol. The molecule has 0 bridgehead atoms. The van der Waals surface area contributed by atoms with Crippen molar-refractivity contribution in [3.8, 4) is 11.1 Å². The molecule has 0 fully saturated rings. The van der Waals surface area contributed by atoms with Gasteiger partial charge in [-0.05, 0) is 48.9 Å².